The molecule has 3 rings (SSSR count). The lowest BCUT2D eigenvalue weighted by molar-refractivity contribution is 0.0561. The maximum absolute atomic E-state index is 11.5. The van der Waals surface area contributed by atoms with E-state index < -0.39 is 5.97 Å². The molecular weight excluding hydrogens is 254 g/mol. The van der Waals surface area contributed by atoms with Crippen LogP contribution in [0.3, 0.4) is 0 Å². The van der Waals surface area contributed by atoms with Crippen molar-refractivity contribution < 1.29 is 13.9 Å². The zero-order valence-electron chi connectivity index (χ0n) is 11.6. The van der Waals surface area contributed by atoms with Gasteiger partial charge in [-0.3, -0.25) is 0 Å². The third-order valence-corrected chi connectivity index (χ3v) is 3.93. The van der Waals surface area contributed by atoms with Crippen molar-refractivity contribution in [1.82, 2.24) is 5.32 Å². The van der Waals surface area contributed by atoms with E-state index in [1.165, 1.54) is 18.2 Å². The number of likely N-dealkylation sites (N-methyl/N-ethyl adjacent to an activating group) is 1. The molecule has 1 aliphatic carbocycles. The van der Waals surface area contributed by atoms with Gasteiger partial charge in [0.25, 0.3) is 0 Å². The molecule has 1 aromatic heterocycles. The molecule has 0 bridgehead atoms. The summed E-state index contributed by atoms with van der Waals surface area (Å²) in [5.74, 6) is 0.954. The lowest BCUT2D eigenvalue weighted by atomic mass is 9.73. The summed E-state index contributed by atoms with van der Waals surface area (Å²) in [4.78, 5) is 11.5. The maximum atomic E-state index is 11.5. The van der Waals surface area contributed by atoms with Crippen molar-refractivity contribution in [3.05, 3.63) is 59.0 Å². The average Bonchev–Trinajstić information content (AvgIpc) is 2.93. The zero-order chi connectivity index (χ0) is 14.1. The molecule has 0 amide bonds. The van der Waals surface area contributed by atoms with E-state index >= 15 is 0 Å². The average molecular weight is 271 g/mol. The Bertz CT molecular complexity index is 632. The number of hydrogen-bond acceptors (Lipinski definition) is 4. The van der Waals surface area contributed by atoms with Gasteiger partial charge in [-0.15, -0.1) is 0 Å². The second-order valence-electron chi connectivity index (χ2n) is 4.97. The lowest BCUT2D eigenvalue weighted by Gasteiger charge is -2.35. The van der Waals surface area contributed by atoms with Crippen LogP contribution in [0.4, 0.5) is 0 Å². The number of carbonyl (C=O) groups is 1. The molecule has 0 fully saturated rings. The number of benzene rings is 1. The normalized spacial score (nSPS) is 18.0. The molecule has 0 radical (unpaired) electrons. The van der Waals surface area contributed by atoms with Gasteiger partial charge >= 0.3 is 5.97 Å². The fourth-order valence-electron chi connectivity index (χ4n) is 2.87. The Morgan fingerprint density at radius 1 is 1.35 bits per heavy atom. The molecule has 20 heavy (non-hydrogen) atoms. The first kappa shape index (κ1) is 12.9. The van der Waals surface area contributed by atoms with Crippen molar-refractivity contribution in [3.8, 4) is 0 Å². The molecule has 1 heterocycles. The highest BCUT2D eigenvalue weighted by molar-refractivity contribution is 5.86. The van der Waals surface area contributed by atoms with Crippen LogP contribution >= 0.6 is 0 Å². The second-order valence-corrected chi connectivity index (χ2v) is 4.97. The van der Waals surface area contributed by atoms with Crippen LogP contribution < -0.4 is 5.32 Å². The largest absolute Gasteiger partial charge is 0.463 e. The smallest absolute Gasteiger partial charge is 0.373 e. The van der Waals surface area contributed by atoms with Crippen molar-refractivity contribution in [2.75, 3.05) is 14.2 Å². The van der Waals surface area contributed by atoms with Crippen LogP contribution in [0, 0.1) is 0 Å². The topological polar surface area (TPSA) is 51.5 Å². The molecule has 1 aromatic carbocycles. The molecule has 2 atom stereocenters. The van der Waals surface area contributed by atoms with Crippen LogP contribution in [0.1, 0.15) is 39.4 Å². The molecule has 1 aliphatic rings. The van der Waals surface area contributed by atoms with Gasteiger partial charge in [-0.2, -0.15) is 0 Å². The second kappa shape index (κ2) is 5.13. The van der Waals surface area contributed by atoms with Crippen molar-refractivity contribution in [3.63, 3.8) is 0 Å². The highest BCUT2D eigenvalue weighted by Gasteiger charge is 2.34. The predicted molar refractivity (Wildman–Crippen MR) is 74.7 cm³/mol. The van der Waals surface area contributed by atoms with Gasteiger partial charge in [0.05, 0.1) is 13.2 Å². The van der Waals surface area contributed by atoms with Gasteiger partial charge in [0.2, 0.25) is 5.76 Å². The van der Waals surface area contributed by atoms with E-state index in [1.54, 1.807) is 6.07 Å². The summed E-state index contributed by atoms with van der Waals surface area (Å²) in [5, 5.41) is 3.29. The van der Waals surface area contributed by atoms with Gasteiger partial charge in [0.15, 0.2) is 0 Å². The van der Waals surface area contributed by atoms with Crippen LogP contribution in [-0.2, 0) is 11.2 Å². The van der Waals surface area contributed by atoms with Crippen molar-refractivity contribution in [1.29, 1.82) is 0 Å². The predicted octanol–water partition coefficient (Wildman–Crippen LogP) is 2.67. The third kappa shape index (κ3) is 2.02. The van der Waals surface area contributed by atoms with Gasteiger partial charge in [-0.1, -0.05) is 24.3 Å². The molecule has 2 unspecified atom stereocenters. The standard InChI is InChI=1S/C16H17NO3/c1-17-15(12-9-10-5-3-4-6-11(10)12)13-7-8-14(20-13)16(18)19-2/h3-8,12,15,17H,9H2,1-2H3. The van der Waals surface area contributed by atoms with Gasteiger partial charge < -0.3 is 14.5 Å². The van der Waals surface area contributed by atoms with Crippen LogP contribution in [0.2, 0.25) is 0 Å². The highest BCUT2D eigenvalue weighted by atomic mass is 16.5. The Balaban J connectivity index is 1.85. The van der Waals surface area contributed by atoms with Crippen LogP contribution in [0.5, 0.6) is 0 Å². The summed E-state index contributed by atoms with van der Waals surface area (Å²) in [6.07, 6.45) is 1.02. The Morgan fingerprint density at radius 3 is 2.85 bits per heavy atom. The Labute approximate surface area is 117 Å². The SMILES string of the molecule is CNC(c1ccc(C(=O)OC)o1)C1Cc2ccccc21. The lowest BCUT2D eigenvalue weighted by Crippen LogP contribution is -2.31. The number of carbonyl (C=O) groups excluding carboxylic acids is 1. The van der Waals surface area contributed by atoms with E-state index in [2.05, 4.69) is 34.3 Å². The van der Waals surface area contributed by atoms with Crippen molar-refractivity contribution in [2.24, 2.45) is 0 Å². The number of methoxy groups -OCH3 is 1. The fraction of sp³-hybridized carbons (Fsp3) is 0.312. The molecule has 4 nitrogen and oxygen atoms in total. The summed E-state index contributed by atoms with van der Waals surface area (Å²) < 4.78 is 10.3. The minimum Gasteiger partial charge on any atom is -0.463 e. The van der Waals surface area contributed by atoms with E-state index in [0.29, 0.717) is 5.92 Å². The molecule has 1 N–H and O–H groups in total. The zero-order valence-corrected chi connectivity index (χ0v) is 11.6. The number of fused-ring (bicyclic) bond motifs is 1. The number of hydrogen-bond donors (Lipinski definition) is 1. The molecule has 0 spiro atoms. The summed E-state index contributed by atoms with van der Waals surface area (Å²) in [6.45, 7) is 0. The number of nitrogens with one attached hydrogen (secondary N) is 1. The molecular formula is C16H17NO3. The molecule has 0 aliphatic heterocycles. The first-order chi connectivity index (χ1) is 9.74. The first-order valence-corrected chi connectivity index (χ1v) is 6.67. The van der Waals surface area contributed by atoms with Gasteiger partial charge in [-0.25, -0.2) is 4.79 Å². The Hall–Kier alpha value is -2.07. The molecule has 2 aromatic rings. The van der Waals surface area contributed by atoms with E-state index in [1.807, 2.05) is 13.1 Å². The highest BCUT2D eigenvalue weighted by Crippen LogP contribution is 2.43. The van der Waals surface area contributed by atoms with Crippen molar-refractivity contribution in [2.45, 2.75) is 18.4 Å². The number of ether oxygens (including phenoxy) is 1. The van der Waals surface area contributed by atoms with E-state index in [-0.39, 0.29) is 11.8 Å². The van der Waals surface area contributed by atoms with E-state index in [0.717, 1.165) is 12.2 Å². The Morgan fingerprint density at radius 2 is 2.15 bits per heavy atom. The molecule has 4 heteroatoms. The number of furan rings is 1. The minimum atomic E-state index is -0.444. The summed E-state index contributed by atoms with van der Waals surface area (Å²) in [5.41, 5.74) is 2.74. The summed E-state index contributed by atoms with van der Waals surface area (Å²) in [7, 11) is 3.26. The Kier molecular flexibility index (Phi) is 3.32. The maximum Gasteiger partial charge on any atom is 0.373 e. The molecule has 0 saturated heterocycles. The summed E-state index contributed by atoms with van der Waals surface area (Å²) >= 11 is 0. The quantitative estimate of drug-likeness (QED) is 0.869. The first-order valence-electron chi connectivity index (χ1n) is 6.67. The van der Waals surface area contributed by atoms with E-state index in [4.69, 9.17) is 4.42 Å². The van der Waals surface area contributed by atoms with E-state index in [9.17, 15) is 4.79 Å². The number of esters is 1. The third-order valence-electron chi connectivity index (χ3n) is 3.93. The summed E-state index contributed by atoms with van der Waals surface area (Å²) in [6, 6.07) is 12.0. The minimum absolute atomic E-state index is 0.0725. The van der Waals surface area contributed by atoms with Gasteiger partial charge in [0.1, 0.15) is 5.76 Å². The molecule has 0 saturated carbocycles. The van der Waals surface area contributed by atoms with Crippen LogP contribution in [0.15, 0.2) is 40.8 Å². The monoisotopic (exact) mass is 271 g/mol. The van der Waals surface area contributed by atoms with Crippen molar-refractivity contribution >= 4 is 5.97 Å². The fourth-order valence-corrected chi connectivity index (χ4v) is 2.87. The van der Waals surface area contributed by atoms with Crippen LogP contribution in [-0.4, -0.2) is 20.1 Å². The van der Waals surface area contributed by atoms with Gasteiger partial charge in [0, 0.05) is 5.92 Å². The van der Waals surface area contributed by atoms with Crippen LogP contribution in [0.25, 0.3) is 0 Å². The van der Waals surface area contributed by atoms with Gasteiger partial charge in [-0.05, 0) is 36.7 Å². The molecule has 104 valence electrons. The number of rotatable bonds is 4.